The van der Waals surface area contributed by atoms with Crippen LogP contribution in [0.2, 0.25) is 0 Å². The number of amides is 2. The third-order valence-corrected chi connectivity index (χ3v) is 3.14. The van der Waals surface area contributed by atoms with Gasteiger partial charge in [-0.05, 0) is 25.0 Å². The predicted molar refractivity (Wildman–Crippen MR) is 66.3 cm³/mol. The highest BCUT2D eigenvalue weighted by Gasteiger charge is 2.34. The summed E-state index contributed by atoms with van der Waals surface area (Å²) in [6.45, 7) is 0.131. The van der Waals surface area contributed by atoms with E-state index in [0.717, 1.165) is 19.3 Å². The maximum absolute atomic E-state index is 12.0. The zero-order valence-electron chi connectivity index (χ0n) is 10.2. The van der Waals surface area contributed by atoms with E-state index in [0.29, 0.717) is 24.1 Å². The van der Waals surface area contributed by atoms with Crippen LogP contribution >= 0.6 is 0 Å². The Bertz CT molecular complexity index is 424. The summed E-state index contributed by atoms with van der Waals surface area (Å²) >= 11 is 0. The molecule has 0 saturated heterocycles. The van der Waals surface area contributed by atoms with Gasteiger partial charge in [0.2, 0.25) is 0 Å². The van der Waals surface area contributed by atoms with Crippen LogP contribution in [0.1, 0.15) is 46.4 Å². The average Bonchev–Trinajstić information content (AvgIpc) is 2.64. The maximum Gasteiger partial charge on any atom is 0.261 e. The van der Waals surface area contributed by atoms with Gasteiger partial charge in [0, 0.05) is 6.54 Å². The smallest absolute Gasteiger partial charge is 0.261 e. The Morgan fingerprint density at radius 2 is 1.44 bits per heavy atom. The third-order valence-electron chi connectivity index (χ3n) is 3.14. The number of carbonyl (C=O) groups is 2. The lowest BCUT2D eigenvalue weighted by atomic mass is 10.1. The van der Waals surface area contributed by atoms with E-state index < -0.39 is 0 Å². The summed E-state index contributed by atoms with van der Waals surface area (Å²) in [6, 6.07) is 6.88. The lowest BCUT2D eigenvalue weighted by molar-refractivity contribution is 0.0651. The van der Waals surface area contributed by atoms with E-state index in [-0.39, 0.29) is 18.5 Å². The predicted octanol–water partition coefficient (Wildman–Crippen LogP) is 2.81. The number of hydrogen-bond acceptors (Lipinski definition) is 2. The van der Waals surface area contributed by atoms with E-state index >= 15 is 0 Å². The van der Waals surface area contributed by atoms with Crippen molar-refractivity contribution in [3.05, 3.63) is 35.4 Å². The van der Waals surface area contributed by atoms with Crippen molar-refractivity contribution < 1.29 is 14.0 Å². The Hall–Kier alpha value is -1.71. The van der Waals surface area contributed by atoms with Crippen molar-refractivity contribution in [2.24, 2.45) is 0 Å². The lowest BCUT2D eigenvalue weighted by Gasteiger charge is -2.13. The topological polar surface area (TPSA) is 37.4 Å². The van der Waals surface area contributed by atoms with Crippen molar-refractivity contribution in [2.45, 2.75) is 25.7 Å². The minimum atomic E-state index is -0.299. The summed E-state index contributed by atoms with van der Waals surface area (Å²) in [4.78, 5) is 25.2. The van der Waals surface area contributed by atoms with Crippen LogP contribution in [0.3, 0.4) is 0 Å². The summed E-state index contributed by atoms with van der Waals surface area (Å²) in [5, 5.41) is 0. The molecule has 18 heavy (non-hydrogen) atoms. The molecule has 0 aliphatic carbocycles. The van der Waals surface area contributed by atoms with Crippen LogP contribution in [-0.4, -0.2) is 29.9 Å². The van der Waals surface area contributed by atoms with Crippen LogP contribution in [-0.2, 0) is 0 Å². The van der Waals surface area contributed by atoms with Gasteiger partial charge in [-0.3, -0.25) is 18.9 Å². The Morgan fingerprint density at radius 3 is 2.00 bits per heavy atom. The first kappa shape index (κ1) is 12.7. The van der Waals surface area contributed by atoms with Gasteiger partial charge in [-0.25, -0.2) is 0 Å². The number of unbranched alkanes of at least 4 members (excludes halogenated alkanes) is 3. The lowest BCUT2D eigenvalue weighted by Crippen LogP contribution is -2.30. The van der Waals surface area contributed by atoms with Crippen molar-refractivity contribution in [3.8, 4) is 0 Å². The van der Waals surface area contributed by atoms with Crippen molar-refractivity contribution in [3.63, 3.8) is 0 Å². The summed E-state index contributed by atoms with van der Waals surface area (Å²) in [6.07, 6.45) is 2.95. The van der Waals surface area contributed by atoms with Gasteiger partial charge in [-0.15, -0.1) is 0 Å². The molecular formula is C14H16FNO2. The fourth-order valence-electron chi connectivity index (χ4n) is 2.16. The standard InChI is InChI=1S/C14H16FNO2/c15-9-5-1-2-6-10-16-13(17)11-7-3-4-8-12(11)14(16)18/h3-4,7-8H,1-2,5-6,9-10H2. The van der Waals surface area contributed by atoms with Gasteiger partial charge in [-0.2, -0.15) is 0 Å². The number of imide groups is 1. The van der Waals surface area contributed by atoms with E-state index in [1.54, 1.807) is 24.3 Å². The van der Waals surface area contributed by atoms with E-state index in [2.05, 4.69) is 0 Å². The molecule has 0 radical (unpaired) electrons. The summed E-state index contributed by atoms with van der Waals surface area (Å²) in [5.41, 5.74) is 0.984. The maximum atomic E-state index is 12.0. The molecular weight excluding hydrogens is 233 g/mol. The second-order valence-electron chi connectivity index (χ2n) is 4.41. The number of fused-ring (bicyclic) bond motifs is 1. The van der Waals surface area contributed by atoms with Crippen LogP contribution in [0.25, 0.3) is 0 Å². The normalized spacial score (nSPS) is 14.2. The highest BCUT2D eigenvalue weighted by Crippen LogP contribution is 2.22. The molecule has 96 valence electrons. The molecule has 0 N–H and O–H groups in total. The fraction of sp³-hybridized carbons (Fsp3) is 0.429. The Labute approximate surface area is 106 Å². The molecule has 2 amide bonds. The zero-order valence-corrected chi connectivity index (χ0v) is 10.2. The SMILES string of the molecule is O=C1c2ccccc2C(=O)N1CCCCCCF. The number of benzene rings is 1. The molecule has 0 aromatic heterocycles. The molecule has 1 aromatic carbocycles. The van der Waals surface area contributed by atoms with Crippen LogP contribution in [0, 0.1) is 0 Å². The van der Waals surface area contributed by atoms with E-state index in [1.165, 1.54) is 4.90 Å². The van der Waals surface area contributed by atoms with Gasteiger partial charge in [0.1, 0.15) is 0 Å². The molecule has 0 unspecified atom stereocenters. The first-order valence-electron chi connectivity index (χ1n) is 6.27. The summed E-state index contributed by atoms with van der Waals surface area (Å²) < 4.78 is 11.9. The Balaban J connectivity index is 1.93. The number of nitrogens with zero attached hydrogens (tertiary/aromatic N) is 1. The van der Waals surface area contributed by atoms with Gasteiger partial charge in [0.15, 0.2) is 0 Å². The molecule has 1 heterocycles. The Morgan fingerprint density at radius 1 is 0.889 bits per heavy atom. The van der Waals surface area contributed by atoms with Gasteiger partial charge in [0.05, 0.1) is 17.8 Å². The van der Waals surface area contributed by atoms with Crippen molar-refractivity contribution in [1.29, 1.82) is 0 Å². The van der Waals surface area contributed by atoms with Gasteiger partial charge < -0.3 is 0 Å². The molecule has 0 spiro atoms. The molecule has 2 rings (SSSR count). The highest BCUT2D eigenvalue weighted by molar-refractivity contribution is 6.21. The molecule has 4 heteroatoms. The fourth-order valence-corrected chi connectivity index (χ4v) is 2.16. The number of carbonyl (C=O) groups excluding carboxylic acids is 2. The minimum Gasteiger partial charge on any atom is -0.274 e. The molecule has 0 bridgehead atoms. The van der Waals surface area contributed by atoms with Crippen LogP contribution < -0.4 is 0 Å². The second-order valence-corrected chi connectivity index (χ2v) is 4.41. The van der Waals surface area contributed by atoms with Gasteiger partial charge >= 0.3 is 0 Å². The van der Waals surface area contributed by atoms with Crippen LogP contribution in [0.15, 0.2) is 24.3 Å². The summed E-state index contributed by atoms with van der Waals surface area (Å²) in [5.74, 6) is -0.415. The van der Waals surface area contributed by atoms with E-state index in [4.69, 9.17) is 0 Å². The Kier molecular flexibility index (Phi) is 4.07. The first-order valence-corrected chi connectivity index (χ1v) is 6.27. The quantitative estimate of drug-likeness (QED) is 0.574. The van der Waals surface area contributed by atoms with E-state index in [9.17, 15) is 14.0 Å². The van der Waals surface area contributed by atoms with Crippen LogP contribution in [0.5, 0.6) is 0 Å². The molecule has 3 nitrogen and oxygen atoms in total. The molecule has 1 aliphatic heterocycles. The molecule has 1 aromatic rings. The van der Waals surface area contributed by atoms with Gasteiger partial charge in [-0.1, -0.05) is 25.0 Å². The van der Waals surface area contributed by atoms with Gasteiger partial charge in [0.25, 0.3) is 11.8 Å². The van der Waals surface area contributed by atoms with E-state index in [1.807, 2.05) is 0 Å². The largest absolute Gasteiger partial charge is 0.274 e. The van der Waals surface area contributed by atoms with Crippen molar-refractivity contribution in [2.75, 3.05) is 13.2 Å². The molecule has 0 atom stereocenters. The van der Waals surface area contributed by atoms with Crippen LogP contribution in [0.4, 0.5) is 4.39 Å². The minimum absolute atomic E-state index is 0.207. The number of rotatable bonds is 6. The number of alkyl halides is 1. The van der Waals surface area contributed by atoms with Crippen molar-refractivity contribution >= 4 is 11.8 Å². The third kappa shape index (κ3) is 2.42. The first-order chi connectivity index (χ1) is 8.75. The van der Waals surface area contributed by atoms with Crippen molar-refractivity contribution in [1.82, 2.24) is 4.90 Å². The monoisotopic (exact) mass is 249 g/mol. The molecule has 0 saturated carbocycles. The molecule has 0 fully saturated rings. The second kappa shape index (κ2) is 5.76. The average molecular weight is 249 g/mol. The summed E-state index contributed by atoms with van der Waals surface area (Å²) in [7, 11) is 0. The number of hydrogen-bond donors (Lipinski definition) is 0. The zero-order chi connectivity index (χ0) is 13.0. The number of halogens is 1. The highest BCUT2D eigenvalue weighted by atomic mass is 19.1. The molecule has 1 aliphatic rings.